The monoisotopic (exact) mass is 373 g/mol. The number of hydrogen-bond acceptors (Lipinski definition) is 4. The number of hydrogen-bond donors (Lipinski definition) is 2. The summed E-state index contributed by atoms with van der Waals surface area (Å²) in [6.45, 7) is 10.6. The fraction of sp³-hybridized carbons (Fsp3) is 0.591. The molecule has 0 radical (unpaired) electrons. The average Bonchev–Trinajstić information content (AvgIpc) is 3.06. The molecule has 0 spiro atoms. The second-order valence-electron chi connectivity index (χ2n) is 7.05. The number of rotatable bonds is 12. The lowest BCUT2D eigenvalue weighted by Crippen LogP contribution is -2.36. The minimum atomic E-state index is 0.556. The lowest BCUT2D eigenvalue weighted by molar-refractivity contribution is 0.268. The van der Waals surface area contributed by atoms with Gasteiger partial charge in [-0.15, -0.1) is 0 Å². The molecule has 0 atom stereocenters. The molecule has 0 saturated carbocycles. The van der Waals surface area contributed by atoms with Crippen LogP contribution in [0.15, 0.2) is 33.8 Å². The van der Waals surface area contributed by atoms with Crippen LogP contribution in [0.25, 0.3) is 11.0 Å². The second-order valence-corrected chi connectivity index (χ2v) is 7.05. The third kappa shape index (κ3) is 6.28. The highest BCUT2D eigenvalue weighted by Gasteiger charge is 2.15. The Morgan fingerprint density at radius 3 is 2.41 bits per heavy atom. The molecule has 150 valence electrons. The van der Waals surface area contributed by atoms with Crippen molar-refractivity contribution in [3.8, 4) is 0 Å². The number of amidine groups is 1. The molecule has 1 aromatic heterocycles. The van der Waals surface area contributed by atoms with Crippen LogP contribution in [0.1, 0.15) is 57.8 Å². The SMILES string of the molecule is CCCCN(CCCC)CCNC(Cc1c(CC)oc2ccccc12)=NO. The third-order valence-corrected chi connectivity index (χ3v) is 4.98. The first-order valence-electron chi connectivity index (χ1n) is 10.4. The smallest absolute Gasteiger partial charge is 0.146 e. The Kier molecular flexibility index (Phi) is 9.19. The van der Waals surface area contributed by atoms with Gasteiger partial charge < -0.3 is 19.8 Å². The number of furan rings is 1. The molecule has 0 unspecified atom stereocenters. The van der Waals surface area contributed by atoms with E-state index < -0.39 is 0 Å². The van der Waals surface area contributed by atoms with Crippen LogP contribution in [-0.4, -0.2) is 42.1 Å². The molecular weight excluding hydrogens is 338 g/mol. The van der Waals surface area contributed by atoms with Crippen LogP contribution in [-0.2, 0) is 12.8 Å². The Bertz CT molecular complexity index is 701. The Morgan fingerprint density at radius 1 is 1.07 bits per heavy atom. The molecule has 1 aromatic carbocycles. The van der Waals surface area contributed by atoms with E-state index in [2.05, 4.69) is 42.2 Å². The van der Waals surface area contributed by atoms with Gasteiger partial charge in [-0.25, -0.2) is 0 Å². The van der Waals surface area contributed by atoms with Crippen LogP contribution in [0.5, 0.6) is 0 Å². The van der Waals surface area contributed by atoms with Gasteiger partial charge in [-0.3, -0.25) is 0 Å². The summed E-state index contributed by atoms with van der Waals surface area (Å²) >= 11 is 0. The topological polar surface area (TPSA) is 61.0 Å². The highest BCUT2D eigenvalue weighted by atomic mass is 16.4. The number of aryl methyl sites for hydroxylation is 1. The predicted molar refractivity (Wildman–Crippen MR) is 113 cm³/mol. The molecule has 0 amide bonds. The van der Waals surface area contributed by atoms with Gasteiger partial charge in [-0.05, 0) is 32.0 Å². The molecule has 2 aromatic rings. The first-order chi connectivity index (χ1) is 13.2. The molecule has 0 aliphatic rings. The van der Waals surface area contributed by atoms with Gasteiger partial charge in [0.25, 0.3) is 0 Å². The highest BCUT2D eigenvalue weighted by Crippen LogP contribution is 2.26. The first kappa shape index (κ1) is 21.3. The summed E-state index contributed by atoms with van der Waals surface area (Å²) in [6, 6.07) is 8.05. The number of benzene rings is 1. The summed E-state index contributed by atoms with van der Waals surface area (Å²) in [7, 11) is 0. The Hall–Kier alpha value is -2.01. The number of nitrogens with zero attached hydrogens (tertiary/aromatic N) is 2. The van der Waals surface area contributed by atoms with E-state index in [0.717, 1.165) is 54.9 Å². The summed E-state index contributed by atoms with van der Waals surface area (Å²) in [5.41, 5.74) is 2.01. The van der Waals surface area contributed by atoms with E-state index in [1.165, 1.54) is 25.7 Å². The molecule has 27 heavy (non-hydrogen) atoms. The van der Waals surface area contributed by atoms with Crippen molar-refractivity contribution >= 4 is 16.8 Å². The number of fused-ring (bicyclic) bond motifs is 1. The van der Waals surface area contributed by atoms with E-state index in [1.807, 2.05) is 18.2 Å². The normalized spacial score (nSPS) is 12.2. The maximum Gasteiger partial charge on any atom is 0.146 e. The highest BCUT2D eigenvalue weighted by molar-refractivity contribution is 5.90. The van der Waals surface area contributed by atoms with Gasteiger partial charge in [-0.1, -0.05) is 57.0 Å². The molecule has 0 aliphatic carbocycles. The summed E-state index contributed by atoms with van der Waals surface area (Å²) in [5, 5.41) is 17.4. The fourth-order valence-corrected chi connectivity index (χ4v) is 3.39. The summed E-state index contributed by atoms with van der Waals surface area (Å²) in [6.07, 6.45) is 6.27. The summed E-state index contributed by atoms with van der Waals surface area (Å²) in [5.74, 6) is 1.56. The number of nitrogens with one attached hydrogen (secondary N) is 1. The van der Waals surface area contributed by atoms with E-state index in [9.17, 15) is 5.21 Å². The second kappa shape index (κ2) is 11.7. The van der Waals surface area contributed by atoms with Crippen molar-refractivity contribution in [2.75, 3.05) is 26.2 Å². The largest absolute Gasteiger partial charge is 0.461 e. The van der Waals surface area contributed by atoms with Crippen molar-refractivity contribution < 1.29 is 9.62 Å². The van der Waals surface area contributed by atoms with Gasteiger partial charge in [0.1, 0.15) is 17.2 Å². The maximum absolute atomic E-state index is 9.49. The molecule has 1 heterocycles. The molecule has 0 saturated heterocycles. The predicted octanol–water partition coefficient (Wildman–Crippen LogP) is 4.82. The van der Waals surface area contributed by atoms with Crippen LogP contribution < -0.4 is 5.32 Å². The fourth-order valence-electron chi connectivity index (χ4n) is 3.39. The van der Waals surface area contributed by atoms with E-state index in [0.29, 0.717) is 12.3 Å². The van der Waals surface area contributed by atoms with Crippen molar-refractivity contribution in [1.82, 2.24) is 10.2 Å². The van der Waals surface area contributed by atoms with Crippen molar-refractivity contribution in [3.63, 3.8) is 0 Å². The lowest BCUT2D eigenvalue weighted by Gasteiger charge is -2.22. The number of oxime groups is 1. The maximum atomic E-state index is 9.49. The summed E-state index contributed by atoms with van der Waals surface area (Å²) < 4.78 is 5.95. The van der Waals surface area contributed by atoms with Crippen molar-refractivity contribution in [2.45, 2.75) is 59.3 Å². The summed E-state index contributed by atoms with van der Waals surface area (Å²) in [4.78, 5) is 2.50. The molecule has 0 aliphatic heterocycles. The molecule has 2 rings (SSSR count). The van der Waals surface area contributed by atoms with E-state index >= 15 is 0 Å². The van der Waals surface area contributed by atoms with Gasteiger partial charge in [0.05, 0.1) is 0 Å². The van der Waals surface area contributed by atoms with E-state index in [1.54, 1.807) is 0 Å². The first-order valence-corrected chi connectivity index (χ1v) is 10.4. The lowest BCUT2D eigenvalue weighted by atomic mass is 10.1. The van der Waals surface area contributed by atoms with E-state index in [4.69, 9.17) is 4.42 Å². The van der Waals surface area contributed by atoms with Gasteiger partial charge in [-0.2, -0.15) is 0 Å². The molecular formula is C22H35N3O2. The zero-order chi connectivity index (χ0) is 19.5. The van der Waals surface area contributed by atoms with Crippen LogP contribution >= 0.6 is 0 Å². The van der Waals surface area contributed by atoms with E-state index in [-0.39, 0.29) is 0 Å². The molecule has 0 fully saturated rings. The number of unbranched alkanes of at least 4 members (excludes halogenated alkanes) is 2. The zero-order valence-corrected chi connectivity index (χ0v) is 17.1. The Morgan fingerprint density at radius 2 is 1.78 bits per heavy atom. The van der Waals surface area contributed by atoms with Crippen molar-refractivity contribution in [1.29, 1.82) is 0 Å². The van der Waals surface area contributed by atoms with Crippen LogP contribution in [0.2, 0.25) is 0 Å². The van der Waals surface area contributed by atoms with Crippen LogP contribution in [0, 0.1) is 0 Å². The standard InChI is InChI=1S/C22H35N3O2/c1-4-7-14-25(15-8-5-2)16-13-23-22(24-26)17-19-18-11-9-10-12-21(18)27-20(19)6-3/h9-12,26H,4-8,13-17H2,1-3H3,(H,23,24). The zero-order valence-electron chi connectivity index (χ0n) is 17.1. The molecule has 5 heteroatoms. The van der Waals surface area contributed by atoms with Gasteiger partial charge in [0, 0.05) is 36.9 Å². The quantitative estimate of drug-likeness (QED) is 0.242. The molecule has 5 nitrogen and oxygen atoms in total. The number of para-hydroxylation sites is 1. The van der Waals surface area contributed by atoms with Gasteiger partial charge in [0.2, 0.25) is 0 Å². The molecule has 0 bridgehead atoms. The molecule has 2 N–H and O–H groups in total. The Labute approximate surface area is 163 Å². The van der Waals surface area contributed by atoms with Gasteiger partial charge >= 0.3 is 0 Å². The third-order valence-electron chi connectivity index (χ3n) is 4.98. The Balaban J connectivity index is 1.96. The van der Waals surface area contributed by atoms with Crippen molar-refractivity contribution in [2.24, 2.45) is 5.16 Å². The van der Waals surface area contributed by atoms with Crippen LogP contribution in [0.3, 0.4) is 0 Å². The minimum absolute atomic E-state index is 0.556. The van der Waals surface area contributed by atoms with Crippen molar-refractivity contribution in [3.05, 3.63) is 35.6 Å². The minimum Gasteiger partial charge on any atom is -0.461 e. The van der Waals surface area contributed by atoms with Gasteiger partial charge in [0.15, 0.2) is 0 Å². The van der Waals surface area contributed by atoms with Crippen LogP contribution in [0.4, 0.5) is 0 Å². The average molecular weight is 374 g/mol.